The molecule has 0 radical (unpaired) electrons. The van der Waals surface area contributed by atoms with Crippen LogP contribution >= 0.6 is 0 Å². The summed E-state index contributed by atoms with van der Waals surface area (Å²) in [6.45, 7) is 0. The molecule has 0 spiro atoms. The van der Waals surface area contributed by atoms with Gasteiger partial charge in [0.1, 0.15) is 11.4 Å². The molecule has 0 aromatic heterocycles. The first-order valence-corrected chi connectivity index (χ1v) is 6.46. The van der Waals surface area contributed by atoms with E-state index >= 15 is 0 Å². The molecular formula is C16H19NO4. The van der Waals surface area contributed by atoms with E-state index in [0.717, 1.165) is 11.4 Å². The van der Waals surface area contributed by atoms with Gasteiger partial charge in [-0.3, -0.25) is 0 Å². The zero-order valence-corrected chi connectivity index (χ0v) is 12.6. The molecule has 0 fully saturated rings. The first-order chi connectivity index (χ1) is 10.2. The number of rotatable bonds is 5. The van der Waals surface area contributed by atoms with E-state index in [4.69, 9.17) is 18.9 Å². The summed E-state index contributed by atoms with van der Waals surface area (Å²) in [5.41, 5.74) is 1.47. The van der Waals surface area contributed by atoms with Gasteiger partial charge in [0.05, 0.1) is 19.9 Å². The summed E-state index contributed by atoms with van der Waals surface area (Å²) >= 11 is 0. The van der Waals surface area contributed by atoms with Crippen molar-refractivity contribution in [2.45, 2.75) is 5.79 Å². The molecule has 0 heterocycles. The van der Waals surface area contributed by atoms with Crippen LogP contribution in [0.5, 0.6) is 5.75 Å². The SMILES string of the molecule is COC1=CC(=Nc2ccccc2OC)C=CC1(OC)OC. The molecule has 2 rings (SSSR count). The summed E-state index contributed by atoms with van der Waals surface area (Å²) in [7, 11) is 6.30. The van der Waals surface area contributed by atoms with Gasteiger partial charge in [-0.2, -0.15) is 0 Å². The van der Waals surface area contributed by atoms with Crippen LogP contribution < -0.4 is 4.74 Å². The maximum atomic E-state index is 5.39. The van der Waals surface area contributed by atoms with Crippen molar-refractivity contribution in [2.24, 2.45) is 4.99 Å². The number of para-hydroxylation sites is 2. The molecule has 0 amide bonds. The van der Waals surface area contributed by atoms with Crippen molar-refractivity contribution in [3.05, 3.63) is 48.3 Å². The number of benzene rings is 1. The van der Waals surface area contributed by atoms with E-state index in [2.05, 4.69) is 4.99 Å². The Morgan fingerprint density at radius 2 is 1.67 bits per heavy atom. The summed E-state index contributed by atoms with van der Waals surface area (Å²) in [5.74, 6) is 0.235. The smallest absolute Gasteiger partial charge is 0.248 e. The molecular weight excluding hydrogens is 270 g/mol. The Morgan fingerprint density at radius 1 is 0.952 bits per heavy atom. The van der Waals surface area contributed by atoms with Crippen LogP contribution in [-0.4, -0.2) is 39.9 Å². The standard InChI is InChI=1S/C16H19NO4/c1-18-14-8-6-5-7-13(14)17-12-9-10-16(20-3,21-4)15(11-12)19-2/h5-11H,1-4H3. The van der Waals surface area contributed by atoms with Crippen LogP contribution in [0.2, 0.25) is 0 Å². The van der Waals surface area contributed by atoms with Crippen molar-refractivity contribution in [1.29, 1.82) is 0 Å². The molecule has 0 N–H and O–H groups in total. The molecule has 0 unspecified atom stereocenters. The molecule has 21 heavy (non-hydrogen) atoms. The molecule has 0 bridgehead atoms. The van der Waals surface area contributed by atoms with Gasteiger partial charge in [-0.15, -0.1) is 0 Å². The Hall–Kier alpha value is -2.11. The quantitative estimate of drug-likeness (QED) is 0.782. The van der Waals surface area contributed by atoms with E-state index < -0.39 is 5.79 Å². The van der Waals surface area contributed by atoms with Gasteiger partial charge in [0.15, 0.2) is 5.76 Å². The Morgan fingerprint density at radius 3 is 2.29 bits per heavy atom. The minimum absolute atomic E-state index is 0.531. The number of aliphatic imine (C=N–C) groups is 1. The average Bonchev–Trinajstić information content (AvgIpc) is 2.55. The van der Waals surface area contributed by atoms with Gasteiger partial charge < -0.3 is 18.9 Å². The Bertz CT molecular complexity index is 586. The summed E-state index contributed by atoms with van der Waals surface area (Å²) in [5, 5.41) is 0. The lowest BCUT2D eigenvalue weighted by Gasteiger charge is -2.31. The van der Waals surface area contributed by atoms with Crippen molar-refractivity contribution in [3.8, 4) is 5.75 Å². The van der Waals surface area contributed by atoms with Crippen LogP contribution in [0, 0.1) is 0 Å². The number of allylic oxidation sites excluding steroid dienone is 2. The second-order valence-corrected chi connectivity index (χ2v) is 4.33. The highest BCUT2D eigenvalue weighted by atomic mass is 16.7. The van der Waals surface area contributed by atoms with Crippen LogP contribution in [0.15, 0.2) is 53.2 Å². The van der Waals surface area contributed by atoms with Crippen molar-refractivity contribution < 1.29 is 18.9 Å². The van der Waals surface area contributed by atoms with Crippen LogP contribution in [-0.2, 0) is 14.2 Å². The predicted molar refractivity (Wildman–Crippen MR) is 81.1 cm³/mol. The van der Waals surface area contributed by atoms with E-state index in [9.17, 15) is 0 Å². The van der Waals surface area contributed by atoms with Gasteiger partial charge in [-0.25, -0.2) is 4.99 Å². The van der Waals surface area contributed by atoms with E-state index in [1.54, 1.807) is 40.6 Å². The van der Waals surface area contributed by atoms with E-state index in [1.807, 2.05) is 30.3 Å². The maximum Gasteiger partial charge on any atom is 0.248 e. The minimum atomic E-state index is -1.01. The molecule has 0 aliphatic heterocycles. The highest BCUT2D eigenvalue weighted by Crippen LogP contribution is 2.31. The van der Waals surface area contributed by atoms with Gasteiger partial charge in [0.25, 0.3) is 0 Å². The van der Waals surface area contributed by atoms with E-state index in [0.29, 0.717) is 11.5 Å². The zero-order valence-electron chi connectivity index (χ0n) is 12.6. The van der Waals surface area contributed by atoms with Crippen molar-refractivity contribution in [2.75, 3.05) is 28.4 Å². The number of hydrogen-bond acceptors (Lipinski definition) is 5. The highest BCUT2D eigenvalue weighted by Gasteiger charge is 2.35. The molecule has 1 aromatic rings. The van der Waals surface area contributed by atoms with Gasteiger partial charge in [-0.1, -0.05) is 12.1 Å². The molecule has 0 saturated heterocycles. The van der Waals surface area contributed by atoms with Crippen LogP contribution in [0.1, 0.15) is 0 Å². The van der Waals surface area contributed by atoms with Gasteiger partial charge in [-0.05, 0) is 24.3 Å². The summed E-state index contributed by atoms with van der Waals surface area (Å²) in [6, 6.07) is 7.55. The van der Waals surface area contributed by atoms with Crippen LogP contribution in [0.25, 0.3) is 0 Å². The molecule has 0 atom stereocenters. The maximum absolute atomic E-state index is 5.39. The van der Waals surface area contributed by atoms with Crippen molar-refractivity contribution >= 4 is 11.4 Å². The molecule has 1 aliphatic rings. The third kappa shape index (κ3) is 2.99. The zero-order chi connectivity index (χ0) is 15.3. The predicted octanol–water partition coefficient (Wildman–Crippen LogP) is 2.86. The van der Waals surface area contributed by atoms with E-state index in [1.165, 1.54) is 0 Å². The average molecular weight is 289 g/mol. The van der Waals surface area contributed by atoms with Gasteiger partial charge >= 0.3 is 0 Å². The lowest BCUT2D eigenvalue weighted by Crippen LogP contribution is -2.37. The molecule has 1 aliphatic carbocycles. The normalized spacial score (nSPS) is 18.5. The Labute approximate surface area is 124 Å². The summed E-state index contributed by atoms with van der Waals surface area (Å²) in [4.78, 5) is 4.56. The van der Waals surface area contributed by atoms with Crippen molar-refractivity contribution in [1.82, 2.24) is 0 Å². The second kappa shape index (κ2) is 6.56. The van der Waals surface area contributed by atoms with E-state index in [-0.39, 0.29) is 0 Å². The number of nitrogens with zero attached hydrogens (tertiary/aromatic N) is 1. The lowest BCUT2D eigenvalue weighted by atomic mass is 10.1. The fourth-order valence-corrected chi connectivity index (χ4v) is 2.11. The number of ether oxygens (including phenoxy) is 4. The monoisotopic (exact) mass is 289 g/mol. The molecule has 0 saturated carbocycles. The third-order valence-corrected chi connectivity index (χ3v) is 3.26. The van der Waals surface area contributed by atoms with Crippen molar-refractivity contribution in [3.63, 3.8) is 0 Å². The lowest BCUT2D eigenvalue weighted by molar-refractivity contribution is -0.165. The second-order valence-electron chi connectivity index (χ2n) is 4.33. The minimum Gasteiger partial charge on any atom is -0.495 e. The first kappa shape index (κ1) is 15.3. The third-order valence-electron chi connectivity index (χ3n) is 3.26. The summed E-state index contributed by atoms with van der Waals surface area (Å²) < 4.78 is 21.4. The first-order valence-electron chi connectivity index (χ1n) is 6.46. The molecule has 1 aromatic carbocycles. The van der Waals surface area contributed by atoms with Crippen LogP contribution in [0.4, 0.5) is 5.69 Å². The topological polar surface area (TPSA) is 49.3 Å². The summed E-state index contributed by atoms with van der Waals surface area (Å²) in [6.07, 6.45) is 5.36. The number of methoxy groups -OCH3 is 4. The van der Waals surface area contributed by atoms with Crippen LogP contribution in [0.3, 0.4) is 0 Å². The largest absolute Gasteiger partial charge is 0.495 e. The Balaban J connectivity index is 2.39. The van der Waals surface area contributed by atoms with Gasteiger partial charge in [0, 0.05) is 20.3 Å². The highest BCUT2D eigenvalue weighted by molar-refractivity contribution is 6.07. The van der Waals surface area contributed by atoms with Gasteiger partial charge in [0.2, 0.25) is 5.79 Å². The fourth-order valence-electron chi connectivity index (χ4n) is 2.11. The molecule has 5 nitrogen and oxygen atoms in total. The molecule has 5 heteroatoms. The molecule has 112 valence electrons. The Kier molecular flexibility index (Phi) is 4.77. The number of hydrogen-bond donors (Lipinski definition) is 0. The fraction of sp³-hybridized carbons (Fsp3) is 0.312.